The third kappa shape index (κ3) is 1.26. The summed E-state index contributed by atoms with van der Waals surface area (Å²) in [6.07, 6.45) is 6.07. The van der Waals surface area contributed by atoms with E-state index in [0.717, 1.165) is 24.6 Å². The molecule has 0 aromatic heterocycles. The fraction of sp³-hybridized carbons (Fsp3) is 0.375. The maximum Gasteiger partial charge on any atom is 0.144 e. The van der Waals surface area contributed by atoms with Gasteiger partial charge in [0.15, 0.2) is 0 Å². The van der Waals surface area contributed by atoms with Gasteiger partial charge in [0, 0.05) is 19.3 Å². The summed E-state index contributed by atoms with van der Waals surface area (Å²) in [6.45, 7) is 1.69. The van der Waals surface area contributed by atoms with E-state index in [1.165, 1.54) is 0 Å². The van der Waals surface area contributed by atoms with Gasteiger partial charge in [-0.15, -0.1) is 0 Å². The molecule has 0 bridgehead atoms. The monoisotopic (exact) mass is 164 g/mol. The minimum atomic E-state index is 0.821. The first-order valence-corrected chi connectivity index (χ1v) is 4.03. The van der Waals surface area contributed by atoms with E-state index in [0.29, 0.717) is 0 Å². The lowest BCUT2D eigenvalue weighted by Crippen LogP contribution is -2.30. The molecular weight excluding hydrogens is 152 g/mol. The van der Waals surface area contributed by atoms with Gasteiger partial charge in [0.05, 0.1) is 5.71 Å². The second-order valence-corrected chi connectivity index (χ2v) is 2.74. The van der Waals surface area contributed by atoms with Crippen molar-refractivity contribution in [2.24, 2.45) is 4.99 Å². The molecule has 0 aromatic rings. The van der Waals surface area contributed by atoms with Crippen molar-refractivity contribution in [2.45, 2.75) is 0 Å². The lowest BCUT2D eigenvalue weighted by atomic mass is 10.3. The van der Waals surface area contributed by atoms with Gasteiger partial charge in [-0.1, -0.05) is 0 Å². The van der Waals surface area contributed by atoms with Gasteiger partial charge >= 0.3 is 0 Å². The van der Waals surface area contributed by atoms with Gasteiger partial charge in [-0.25, -0.2) is 10.4 Å². The van der Waals surface area contributed by atoms with Gasteiger partial charge < -0.3 is 5.32 Å². The number of nitrogens with one attached hydrogen (secondary N) is 2. The third-order valence-corrected chi connectivity index (χ3v) is 1.83. The maximum absolute atomic E-state index is 4.43. The van der Waals surface area contributed by atoms with Crippen molar-refractivity contribution in [1.29, 1.82) is 0 Å². The topological polar surface area (TPSA) is 39.7 Å². The molecule has 0 saturated heterocycles. The molecule has 0 aliphatic carbocycles. The fourth-order valence-electron chi connectivity index (χ4n) is 1.27. The van der Waals surface area contributed by atoms with Crippen LogP contribution in [0.1, 0.15) is 0 Å². The van der Waals surface area contributed by atoms with Crippen molar-refractivity contribution in [2.75, 3.05) is 20.1 Å². The first kappa shape index (κ1) is 7.52. The van der Waals surface area contributed by atoms with Crippen LogP contribution >= 0.6 is 0 Å². The van der Waals surface area contributed by atoms with Crippen LogP contribution in [0.3, 0.4) is 0 Å². The average molecular weight is 164 g/mol. The summed E-state index contributed by atoms with van der Waals surface area (Å²) >= 11 is 0. The molecular formula is C8H12N4. The molecule has 4 heteroatoms. The van der Waals surface area contributed by atoms with Crippen LogP contribution in [0.2, 0.25) is 0 Å². The van der Waals surface area contributed by atoms with E-state index >= 15 is 0 Å². The predicted molar refractivity (Wildman–Crippen MR) is 48.4 cm³/mol. The highest BCUT2D eigenvalue weighted by Crippen LogP contribution is 2.13. The number of fused-ring (bicyclic) bond motifs is 1. The lowest BCUT2D eigenvalue weighted by molar-refractivity contribution is 0.382. The number of hydrazine groups is 1. The lowest BCUT2D eigenvalue weighted by Gasteiger charge is -2.18. The quantitative estimate of drug-likeness (QED) is 0.595. The van der Waals surface area contributed by atoms with Gasteiger partial charge in [-0.2, -0.15) is 0 Å². The Morgan fingerprint density at radius 2 is 2.67 bits per heavy atom. The molecule has 0 radical (unpaired) electrons. The summed E-state index contributed by atoms with van der Waals surface area (Å²) in [5.74, 6) is 1.00. The van der Waals surface area contributed by atoms with Crippen LogP contribution in [0.5, 0.6) is 0 Å². The molecule has 0 aromatic carbocycles. The maximum atomic E-state index is 4.43. The number of nitrogens with zero attached hydrogens (tertiary/aromatic N) is 2. The predicted octanol–water partition coefficient (Wildman–Crippen LogP) is -0.164. The second-order valence-electron chi connectivity index (χ2n) is 2.74. The van der Waals surface area contributed by atoms with Crippen molar-refractivity contribution in [3.8, 4) is 0 Å². The number of aliphatic imine (C=N–C) groups is 1. The van der Waals surface area contributed by atoms with E-state index in [1.54, 1.807) is 0 Å². The molecule has 0 amide bonds. The Kier molecular flexibility index (Phi) is 1.93. The number of hydrogen-bond donors (Lipinski definition) is 2. The van der Waals surface area contributed by atoms with E-state index in [2.05, 4.69) is 21.8 Å². The number of hydrogen-bond acceptors (Lipinski definition) is 4. The molecule has 2 N–H and O–H groups in total. The SMILES string of the molecule is CNCC1=NC2=CCNN2C=C1. The van der Waals surface area contributed by atoms with Crippen molar-refractivity contribution < 1.29 is 0 Å². The molecule has 12 heavy (non-hydrogen) atoms. The zero-order chi connectivity index (χ0) is 8.39. The average Bonchev–Trinajstić information content (AvgIpc) is 2.51. The van der Waals surface area contributed by atoms with Gasteiger partial charge in [-0.3, -0.25) is 5.01 Å². The molecule has 2 aliphatic heterocycles. The first-order valence-electron chi connectivity index (χ1n) is 4.03. The molecule has 0 atom stereocenters. The van der Waals surface area contributed by atoms with Crippen molar-refractivity contribution >= 4 is 5.71 Å². The normalized spacial score (nSPS) is 20.6. The molecule has 0 saturated carbocycles. The molecule has 2 rings (SSSR count). The molecule has 2 aliphatic rings. The molecule has 0 spiro atoms. The van der Waals surface area contributed by atoms with Gasteiger partial charge in [-0.05, 0) is 19.2 Å². The molecule has 64 valence electrons. The van der Waals surface area contributed by atoms with Crippen LogP contribution in [0.4, 0.5) is 0 Å². The largest absolute Gasteiger partial charge is 0.314 e. The van der Waals surface area contributed by atoms with Crippen LogP contribution in [0.15, 0.2) is 29.2 Å². The van der Waals surface area contributed by atoms with E-state index in [-0.39, 0.29) is 0 Å². The Hall–Kier alpha value is -1.13. The summed E-state index contributed by atoms with van der Waals surface area (Å²) in [7, 11) is 1.92. The van der Waals surface area contributed by atoms with Crippen LogP contribution in [0.25, 0.3) is 0 Å². The van der Waals surface area contributed by atoms with E-state index in [9.17, 15) is 0 Å². The van der Waals surface area contributed by atoms with Gasteiger partial charge in [0.1, 0.15) is 5.82 Å². The molecule has 0 unspecified atom stereocenters. The van der Waals surface area contributed by atoms with Crippen molar-refractivity contribution in [3.63, 3.8) is 0 Å². The van der Waals surface area contributed by atoms with Crippen molar-refractivity contribution in [1.82, 2.24) is 15.8 Å². The summed E-state index contributed by atoms with van der Waals surface area (Å²) in [5, 5.41) is 5.00. The van der Waals surface area contributed by atoms with Crippen LogP contribution in [-0.2, 0) is 0 Å². The Morgan fingerprint density at radius 3 is 3.50 bits per heavy atom. The van der Waals surface area contributed by atoms with E-state index in [4.69, 9.17) is 0 Å². The molecule has 2 heterocycles. The Bertz CT molecular complexity index is 264. The number of rotatable bonds is 2. The minimum Gasteiger partial charge on any atom is -0.314 e. The summed E-state index contributed by atoms with van der Waals surface area (Å²) in [4.78, 5) is 4.43. The van der Waals surface area contributed by atoms with Crippen molar-refractivity contribution in [3.05, 3.63) is 24.2 Å². The summed E-state index contributed by atoms with van der Waals surface area (Å²) in [5.41, 5.74) is 4.22. The summed E-state index contributed by atoms with van der Waals surface area (Å²) < 4.78 is 0. The van der Waals surface area contributed by atoms with Gasteiger partial charge in [0.2, 0.25) is 0 Å². The summed E-state index contributed by atoms with van der Waals surface area (Å²) in [6, 6.07) is 0. The molecule has 4 nitrogen and oxygen atoms in total. The fourth-order valence-corrected chi connectivity index (χ4v) is 1.27. The Balaban J connectivity index is 2.14. The highest BCUT2D eigenvalue weighted by Gasteiger charge is 2.14. The van der Waals surface area contributed by atoms with E-state index < -0.39 is 0 Å². The zero-order valence-electron chi connectivity index (χ0n) is 7.04. The smallest absolute Gasteiger partial charge is 0.144 e. The van der Waals surface area contributed by atoms with E-state index in [1.807, 2.05) is 24.3 Å². The minimum absolute atomic E-state index is 0.821. The third-order valence-electron chi connectivity index (χ3n) is 1.83. The highest BCUT2D eigenvalue weighted by molar-refractivity contribution is 5.97. The standard InChI is InChI=1S/C8H12N4/c1-9-6-7-3-5-12-8(11-7)2-4-10-12/h2-3,5,9-10H,4,6H2,1H3. The van der Waals surface area contributed by atoms with Crippen LogP contribution < -0.4 is 10.7 Å². The molecule has 0 fully saturated rings. The van der Waals surface area contributed by atoms with Crippen LogP contribution in [0, 0.1) is 0 Å². The van der Waals surface area contributed by atoms with Gasteiger partial charge in [0.25, 0.3) is 0 Å². The second kappa shape index (κ2) is 3.08. The Morgan fingerprint density at radius 1 is 1.75 bits per heavy atom. The zero-order valence-corrected chi connectivity index (χ0v) is 7.04. The highest BCUT2D eigenvalue weighted by atomic mass is 15.5. The first-order chi connectivity index (χ1) is 5.90. The Labute approximate surface area is 71.6 Å². The van der Waals surface area contributed by atoms with Crippen LogP contribution in [-0.4, -0.2) is 30.9 Å².